The fourth-order valence-electron chi connectivity index (χ4n) is 2.53. The SMILES string of the molecule is Cc1cccc(NC(=O)COC(=O)c2ccc3[nH]c(=O)c(=O)[nH]c3c2)c1C. The van der Waals surface area contributed by atoms with Crippen LogP contribution in [-0.4, -0.2) is 28.5 Å². The van der Waals surface area contributed by atoms with E-state index in [1.54, 1.807) is 6.07 Å². The first-order valence-corrected chi connectivity index (χ1v) is 8.14. The second-order valence-corrected chi connectivity index (χ2v) is 6.04. The number of aryl methyl sites for hydroxylation is 1. The van der Waals surface area contributed by atoms with Crippen molar-refractivity contribution >= 4 is 28.6 Å². The molecule has 0 fully saturated rings. The topological polar surface area (TPSA) is 121 Å². The zero-order chi connectivity index (χ0) is 19.6. The van der Waals surface area contributed by atoms with E-state index in [1.165, 1.54) is 18.2 Å². The summed E-state index contributed by atoms with van der Waals surface area (Å²) in [4.78, 5) is 51.6. The number of ether oxygens (including phenoxy) is 1. The van der Waals surface area contributed by atoms with Gasteiger partial charge in [-0.25, -0.2) is 4.79 Å². The van der Waals surface area contributed by atoms with Gasteiger partial charge in [0.25, 0.3) is 5.91 Å². The molecule has 0 saturated carbocycles. The van der Waals surface area contributed by atoms with Crippen LogP contribution in [-0.2, 0) is 9.53 Å². The van der Waals surface area contributed by atoms with Gasteiger partial charge in [-0.15, -0.1) is 0 Å². The maximum absolute atomic E-state index is 12.2. The number of amides is 1. The van der Waals surface area contributed by atoms with E-state index in [9.17, 15) is 19.2 Å². The largest absolute Gasteiger partial charge is 0.452 e. The molecule has 0 spiro atoms. The van der Waals surface area contributed by atoms with Crippen LogP contribution in [0.3, 0.4) is 0 Å². The Hall–Kier alpha value is -3.68. The lowest BCUT2D eigenvalue weighted by molar-refractivity contribution is -0.119. The molecule has 0 aliphatic rings. The first-order valence-electron chi connectivity index (χ1n) is 8.14. The van der Waals surface area contributed by atoms with Crippen LogP contribution in [0.15, 0.2) is 46.0 Å². The van der Waals surface area contributed by atoms with Crippen LogP contribution < -0.4 is 16.4 Å². The highest BCUT2D eigenvalue weighted by atomic mass is 16.5. The van der Waals surface area contributed by atoms with Gasteiger partial charge < -0.3 is 20.0 Å². The molecule has 0 atom stereocenters. The molecule has 3 aromatic rings. The Bertz CT molecular complexity index is 1160. The lowest BCUT2D eigenvalue weighted by atomic mass is 10.1. The molecule has 1 aromatic heterocycles. The Morgan fingerprint density at radius 2 is 1.70 bits per heavy atom. The summed E-state index contributed by atoms with van der Waals surface area (Å²) in [6.45, 7) is 3.37. The van der Waals surface area contributed by atoms with Crippen molar-refractivity contribution in [2.24, 2.45) is 0 Å². The van der Waals surface area contributed by atoms with Gasteiger partial charge in [0.1, 0.15) is 0 Å². The van der Waals surface area contributed by atoms with Crippen molar-refractivity contribution in [3.63, 3.8) is 0 Å². The number of hydrogen-bond acceptors (Lipinski definition) is 5. The smallest absolute Gasteiger partial charge is 0.338 e. The number of hydrogen-bond donors (Lipinski definition) is 3. The highest BCUT2D eigenvalue weighted by molar-refractivity contribution is 5.97. The third kappa shape index (κ3) is 3.95. The van der Waals surface area contributed by atoms with Crippen LogP contribution in [0.5, 0.6) is 0 Å². The molecular formula is C19H17N3O5. The quantitative estimate of drug-likeness (QED) is 0.478. The van der Waals surface area contributed by atoms with Crippen LogP contribution in [0.1, 0.15) is 21.5 Å². The lowest BCUT2D eigenvalue weighted by Crippen LogP contribution is -2.29. The molecule has 1 heterocycles. The van der Waals surface area contributed by atoms with Gasteiger partial charge in [-0.2, -0.15) is 0 Å². The van der Waals surface area contributed by atoms with Crippen molar-refractivity contribution in [2.45, 2.75) is 13.8 Å². The number of anilines is 1. The number of carbonyl (C=O) groups is 2. The van der Waals surface area contributed by atoms with Crippen LogP contribution >= 0.6 is 0 Å². The van der Waals surface area contributed by atoms with E-state index < -0.39 is 29.6 Å². The summed E-state index contributed by atoms with van der Waals surface area (Å²) in [5.74, 6) is -1.18. The maximum Gasteiger partial charge on any atom is 0.338 e. The summed E-state index contributed by atoms with van der Waals surface area (Å²) < 4.78 is 5.02. The third-order valence-corrected chi connectivity index (χ3v) is 4.17. The molecule has 27 heavy (non-hydrogen) atoms. The standard InChI is InChI=1S/C19H17N3O5/c1-10-4-3-5-13(11(10)2)20-16(23)9-27-19(26)12-6-7-14-15(8-12)22-18(25)17(24)21-14/h3-8H,9H2,1-2H3,(H,20,23)(H,21,24)(H,22,25). The van der Waals surface area contributed by atoms with Crippen molar-refractivity contribution in [3.8, 4) is 0 Å². The molecule has 0 saturated heterocycles. The molecule has 3 rings (SSSR count). The Morgan fingerprint density at radius 3 is 2.44 bits per heavy atom. The summed E-state index contributed by atoms with van der Waals surface area (Å²) >= 11 is 0. The molecule has 0 bridgehead atoms. The number of aromatic nitrogens is 2. The predicted molar refractivity (Wildman–Crippen MR) is 100 cm³/mol. The molecule has 3 N–H and O–H groups in total. The summed E-state index contributed by atoms with van der Waals surface area (Å²) in [5.41, 5.74) is 1.84. The molecule has 0 aliphatic carbocycles. The van der Waals surface area contributed by atoms with Crippen LogP contribution in [0.2, 0.25) is 0 Å². The Balaban J connectivity index is 1.68. The van der Waals surface area contributed by atoms with Gasteiger partial charge >= 0.3 is 17.1 Å². The highest BCUT2D eigenvalue weighted by Crippen LogP contribution is 2.18. The number of aromatic amines is 2. The number of esters is 1. The van der Waals surface area contributed by atoms with Crippen LogP contribution in [0.25, 0.3) is 11.0 Å². The van der Waals surface area contributed by atoms with E-state index in [0.29, 0.717) is 11.2 Å². The Morgan fingerprint density at radius 1 is 1.00 bits per heavy atom. The number of H-pyrrole nitrogens is 2. The van der Waals surface area contributed by atoms with Crippen molar-refractivity contribution in [3.05, 3.63) is 73.8 Å². The van der Waals surface area contributed by atoms with E-state index in [2.05, 4.69) is 15.3 Å². The van der Waals surface area contributed by atoms with E-state index in [1.807, 2.05) is 26.0 Å². The Labute approximate surface area is 153 Å². The molecular weight excluding hydrogens is 350 g/mol. The van der Waals surface area contributed by atoms with Crippen LogP contribution in [0, 0.1) is 13.8 Å². The minimum Gasteiger partial charge on any atom is -0.452 e. The molecule has 0 radical (unpaired) electrons. The van der Waals surface area contributed by atoms with Gasteiger partial charge in [-0.3, -0.25) is 14.4 Å². The molecule has 2 aromatic carbocycles. The number of carbonyl (C=O) groups excluding carboxylic acids is 2. The van der Waals surface area contributed by atoms with Crippen LogP contribution in [0.4, 0.5) is 5.69 Å². The predicted octanol–water partition coefficient (Wildman–Crippen LogP) is 1.63. The number of benzene rings is 2. The summed E-state index contributed by atoms with van der Waals surface area (Å²) in [6, 6.07) is 9.80. The molecule has 138 valence electrons. The minimum absolute atomic E-state index is 0.143. The minimum atomic E-state index is -0.819. The average molecular weight is 367 g/mol. The van der Waals surface area contributed by atoms with Crippen molar-refractivity contribution in [1.29, 1.82) is 0 Å². The number of rotatable bonds is 4. The van der Waals surface area contributed by atoms with Crippen molar-refractivity contribution in [2.75, 3.05) is 11.9 Å². The molecule has 8 nitrogen and oxygen atoms in total. The fraction of sp³-hybridized carbons (Fsp3) is 0.158. The fourth-order valence-corrected chi connectivity index (χ4v) is 2.53. The van der Waals surface area contributed by atoms with Gasteiger partial charge in [-0.05, 0) is 49.2 Å². The molecule has 8 heteroatoms. The van der Waals surface area contributed by atoms with E-state index in [4.69, 9.17) is 4.74 Å². The second kappa shape index (κ2) is 7.28. The first-order chi connectivity index (χ1) is 12.8. The van der Waals surface area contributed by atoms with Gasteiger partial charge in [0, 0.05) is 5.69 Å². The molecule has 1 amide bonds. The van der Waals surface area contributed by atoms with E-state index in [0.717, 1.165) is 11.1 Å². The van der Waals surface area contributed by atoms with Crippen molar-refractivity contribution < 1.29 is 14.3 Å². The lowest BCUT2D eigenvalue weighted by Gasteiger charge is -2.10. The van der Waals surface area contributed by atoms with E-state index >= 15 is 0 Å². The monoisotopic (exact) mass is 367 g/mol. The van der Waals surface area contributed by atoms with Gasteiger partial charge in [0.2, 0.25) is 0 Å². The average Bonchev–Trinajstić information content (AvgIpc) is 2.64. The van der Waals surface area contributed by atoms with E-state index in [-0.39, 0.29) is 11.1 Å². The van der Waals surface area contributed by atoms with Gasteiger partial charge in [0.15, 0.2) is 6.61 Å². The van der Waals surface area contributed by atoms with Gasteiger partial charge in [-0.1, -0.05) is 12.1 Å². The number of fused-ring (bicyclic) bond motifs is 1. The maximum atomic E-state index is 12.2. The zero-order valence-corrected chi connectivity index (χ0v) is 14.7. The highest BCUT2D eigenvalue weighted by Gasteiger charge is 2.13. The normalized spacial score (nSPS) is 10.6. The summed E-state index contributed by atoms with van der Waals surface area (Å²) in [6.07, 6.45) is 0. The zero-order valence-electron chi connectivity index (χ0n) is 14.7. The number of nitrogens with one attached hydrogen (secondary N) is 3. The first kappa shape index (κ1) is 18.1. The van der Waals surface area contributed by atoms with Crippen molar-refractivity contribution in [1.82, 2.24) is 9.97 Å². The third-order valence-electron chi connectivity index (χ3n) is 4.17. The summed E-state index contributed by atoms with van der Waals surface area (Å²) in [5, 5.41) is 2.70. The summed E-state index contributed by atoms with van der Waals surface area (Å²) in [7, 11) is 0. The Kier molecular flexibility index (Phi) is 4.89. The van der Waals surface area contributed by atoms with Gasteiger partial charge in [0.05, 0.1) is 16.6 Å². The molecule has 0 aliphatic heterocycles. The second-order valence-electron chi connectivity index (χ2n) is 6.04. The molecule has 0 unspecified atom stereocenters.